The van der Waals surface area contributed by atoms with Crippen LogP contribution in [-0.4, -0.2) is 31.2 Å². The number of ether oxygens (including phenoxy) is 1. The van der Waals surface area contributed by atoms with Crippen LogP contribution in [0.1, 0.15) is 26.2 Å². The molecule has 76 valence electrons. The van der Waals surface area contributed by atoms with E-state index in [0.29, 0.717) is 6.42 Å². The lowest BCUT2D eigenvalue weighted by Crippen LogP contribution is -2.41. The fraction of sp³-hybridized carbons (Fsp3) is 0.889. The Labute approximate surface area is 78.8 Å². The molecular weight excluding hydrogens is 168 g/mol. The van der Waals surface area contributed by atoms with Crippen molar-refractivity contribution >= 4 is 5.91 Å². The quantitative estimate of drug-likeness (QED) is 0.650. The molecule has 0 radical (unpaired) electrons. The molecule has 1 saturated heterocycles. The first kappa shape index (κ1) is 10.5. The van der Waals surface area contributed by atoms with Gasteiger partial charge in [0.2, 0.25) is 5.91 Å². The molecule has 0 aromatic rings. The second-order valence-corrected chi connectivity index (χ2v) is 3.40. The van der Waals surface area contributed by atoms with E-state index in [9.17, 15) is 4.79 Å². The third-order valence-corrected chi connectivity index (χ3v) is 2.30. The lowest BCUT2D eigenvalue weighted by atomic mass is 10.1. The zero-order valence-electron chi connectivity index (χ0n) is 8.08. The molecular formula is C9H18N2O2. The van der Waals surface area contributed by atoms with Gasteiger partial charge in [0.25, 0.3) is 0 Å². The number of nitrogens with two attached hydrogens (primary N) is 1. The monoisotopic (exact) mass is 186 g/mol. The van der Waals surface area contributed by atoms with Gasteiger partial charge < -0.3 is 15.8 Å². The Hall–Kier alpha value is -0.610. The topological polar surface area (TPSA) is 64.3 Å². The van der Waals surface area contributed by atoms with Crippen LogP contribution in [0.15, 0.2) is 0 Å². The maximum atomic E-state index is 10.9. The molecule has 13 heavy (non-hydrogen) atoms. The highest BCUT2D eigenvalue weighted by molar-refractivity contribution is 5.78. The average Bonchev–Trinajstić information content (AvgIpc) is 2.15. The zero-order chi connectivity index (χ0) is 9.68. The van der Waals surface area contributed by atoms with Crippen LogP contribution in [0.4, 0.5) is 0 Å². The van der Waals surface area contributed by atoms with Crippen LogP contribution in [0, 0.1) is 0 Å². The molecule has 1 aliphatic heterocycles. The summed E-state index contributed by atoms with van der Waals surface area (Å²) < 4.78 is 5.56. The van der Waals surface area contributed by atoms with E-state index in [1.165, 1.54) is 0 Å². The lowest BCUT2D eigenvalue weighted by molar-refractivity contribution is -0.134. The molecule has 3 N–H and O–H groups in total. The maximum Gasteiger partial charge on any atom is 0.246 e. The Morgan fingerprint density at radius 2 is 2.54 bits per heavy atom. The summed E-state index contributed by atoms with van der Waals surface area (Å²) >= 11 is 0. The summed E-state index contributed by atoms with van der Waals surface area (Å²) in [5.74, 6) is -0.354. The van der Waals surface area contributed by atoms with Gasteiger partial charge in [-0.1, -0.05) is 6.92 Å². The van der Waals surface area contributed by atoms with Crippen molar-refractivity contribution in [1.82, 2.24) is 5.32 Å². The number of primary amides is 1. The van der Waals surface area contributed by atoms with Crippen molar-refractivity contribution in [3.05, 3.63) is 0 Å². The average molecular weight is 186 g/mol. The van der Waals surface area contributed by atoms with E-state index in [1.807, 2.05) is 6.92 Å². The van der Waals surface area contributed by atoms with Gasteiger partial charge in [-0.2, -0.15) is 0 Å². The number of amides is 1. The van der Waals surface area contributed by atoms with Crippen molar-refractivity contribution in [2.75, 3.05) is 13.1 Å². The van der Waals surface area contributed by atoms with Crippen LogP contribution in [-0.2, 0) is 9.53 Å². The number of carbonyl (C=O) groups excluding carboxylic acids is 1. The number of piperidine rings is 1. The van der Waals surface area contributed by atoms with Crippen molar-refractivity contribution in [3.63, 3.8) is 0 Å². The summed E-state index contributed by atoms with van der Waals surface area (Å²) in [6, 6.07) is 0. The molecule has 1 rings (SSSR count). The molecule has 4 heteroatoms. The standard InChI is InChI=1S/C9H18N2O2/c1-2-8(9(10)12)13-7-4-3-5-11-6-7/h7-8,11H,2-6H2,1H3,(H2,10,12)/t7-,8+/m0/s1. The number of hydrogen-bond donors (Lipinski definition) is 2. The van der Waals surface area contributed by atoms with Crippen LogP contribution in [0.5, 0.6) is 0 Å². The molecule has 1 aliphatic rings. The highest BCUT2D eigenvalue weighted by Gasteiger charge is 2.20. The molecule has 0 aromatic carbocycles. The largest absolute Gasteiger partial charge is 0.367 e. The molecule has 1 heterocycles. The predicted octanol–water partition coefficient (Wildman–Crippen LogP) is 0.0189. The van der Waals surface area contributed by atoms with E-state index in [0.717, 1.165) is 25.9 Å². The summed E-state index contributed by atoms with van der Waals surface area (Å²) in [7, 11) is 0. The number of carbonyl (C=O) groups is 1. The third-order valence-electron chi connectivity index (χ3n) is 2.30. The van der Waals surface area contributed by atoms with Crippen LogP contribution >= 0.6 is 0 Å². The van der Waals surface area contributed by atoms with Crippen LogP contribution in [0.3, 0.4) is 0 Å². The van der Waals surface area contributed by atoms with Crippen molar-refractivity contribution in [2.24, 2.45) is 5.73 Å². The Morgan fingerprint density at radius 3 is 3.00 bits per heavy atom. The van der Waals surface area contributed by atoms with Crippen LogP contribution in [0.25, 0.3) is 0 Å². The molecule has 0 saturated carbocycles. The van der Waals surface area contributed by atoms with Crippen LogP contribution in [0.2, 0.25) is 0 Å². The van der Waals surface area contributed by atoms with E-state index in [-0.39, 0.29) is 12.0 Å². The lowest BCUT2D eigenvalue weighted by Gasteiger charge is -2.26. The Morgan fingerprint density at radius 1 is 1.77 bits per heavy atom. The summed E-state index contributed by atoms with van der Waals surface area (Å²) in [6.45, 7) is 3.79. The van der Waals surface area contributed by atoms with Crippen molar-refractivity contribution < 1.29 is 9.53 Å². The van der Waals surface area contributed by atoms with Crippen molar-refractivity contribution in [2.45, 2.75) is 38.4 Å². The summed E-state index contributed by atoms with van der Waals surface area (Å²) in [6.07, 6.45) is 2.54. The second-order valence-electron chi connectivity index (χ2n) is 3.40. The number of rotatable bonds is 4. The van der Waals surface area contributed by atoms with Gasteiger partial charge in [0.15, 0.2) is 0 Å². The zero-order valence-corrected chi connectivity index (χ0v) is 8.08. The summed E-state index contributed by atoms with van der Waals surface area (Å²) in [4.78, 5) is 10.9. The predicted molar refractivity (Wildman–Crippen MR) is 50.3 cm³/mol. The normalized spacial score (nSPS) is 25.5. The number of nitrogens with one attached hydrogen (secondary N) is 1. The molecule has 0 aliphatic carbocycles. The maximum absolute atomic E-state index is 10.9. The molecule has 0 unspecified atom stereocenters. The van der Waals surface area contributed by atoms with Crippen molar-refractivity contribution in [3.8, 4) is 0 Å². The van der Waals surface area contributed by atoms with Gasteiger partial charge in [-0.3, -0.25) is 4.79 Å². The third kappa shape index (κ3) is 3.32. The molecule has 0 aromatic heterocycles. The van der Waals surface area contributed by atoms with E-state index in [2.05, 4.69) is 5.32 Å². The first-order chi connectivity index (χ1) is 6.24. The van der Waals surface area contributed by atoms with Gasteiger partial charge in [0, 0.05) is 6.54 Å². The first-order valence-corrected chi connectivity index (χ1v) is 4.89. The molecule has 0 bridgehead atoms. The number of hydrogen-bond acceptors (Lipinski definition) is 3. The first-order valence-electron chi connectivity index (χ1n) is 4.89. The van der Waals surface area contributed by atoms with E-state index in [1.54, 1.807) is 0 Å². The molecule has 1 amide bonds. The van der Waals surface area contributed by atoms with Gasteiger partial charge in [-0.05, 0) is 25.8 Å². The van der Waals surface area contributed by atoms with Crippen molar-refractivity contribution in [1.29, 1.82) is 0 Å². The highest BCUT2D eigenvalue weighted by Crippen LogP contribution is 2.10. The Kier molecular flexibility index (Phi) is 4.18. The SMILES string of the molecule is CC[C@@H](O[C@H]1CCCNC1)C(N)=O. The Bertz CT molecular complexity index is 167. The van der Waals surface area contributed by atoms with E-state index in [4.69, 9.17) is 10.5 Å². The fourth-order valence-corrected chi connectivity index (χ4v) is 1.53. The van der Waals surface area contributed by atoms with Gasteiger partial charge in [-0.15, -0.1) is 0 Å². The van der Waals surface area contributed by atoms with Gasteiger partial charge >= 0.3 is 0 Å². The second kappa shape index (κ2) is 5.19. The van der Waals surface area contributed by atoms with Gasteiger partial charge in [0.05, 0.1) is 6.10 Å². The van der Waals surface area contributed by atoms with E-state index >= 15 is 0 Å². The molecule has 2 atom stereocenters. The highest BCUT2D eigenvalue weighted by atomic mass is 16.5. The molecule has 4 nitrogen and oxygen atoms in total. The van der Waals surface area contributed by atoms with E-state index < -0.39 is 6.10 Å². The van der Waals surface area contributed by atoms with Gasteiger partial charge in [0.1, 0.15) is 6.10 Å². The van der Waals surface area contributed by atoms with Gasteiger partial charge in [-0.25, -0.2) is 0 Å². The summed E-state index contributed by atoms with van der Waals surface area (Å²) in [5.41, 5.74) is 5.18. The minimum Gasteiger partial charge on any atom is -0.367 e. The minimum absolute atomic E-state index is 0.159. The molecule has 1 fully saturated rings. The summed E-state index contributed by atoms with van der Waals surface area (Å²) in [5, 5.41) is 3.23. The smallest absolute Gasteiger partial charge is 0.246 e. The molecule has 0 spiro atoms. The van der Waals surface area contributed by atoms with Crippen LogP contribution < -0.4 is 11.1 Å². The minimum atomic E-state index is -0.412. The fourth-order valence-electron chi connectivity index (χ4n) is 1.53. The Balaban J connectivity index is 2.31.